The summed E-state index contributed by atoms with van der Waals surface area (Å²) in [6.45, 7) is 9.69. The quantitative estimate of drug-likeness (QED) is 0.637. The van der Waals surface area contributed by atoms with Crippen molar-refractivity contribution in [1.82, 2.24) is 10.4 Å². The lowest BCUT2D eigenvalue weighted by Crippen LogP contribution is -2.43. The fourth-order valence-corrected chi connectivity index (χ4v) is 3.55. The van der Waals surface area contributed by atoms with Gasteiger partial charge in [0.05, 0.1) is 12.5 Å². The molecule has 2 N–H and O–H groups in total. The number of hydrazine groups is 1. The average Bonchev–Trinajstić information content (AvgIpc) is 3.14. The van der Waals surface area contributed by atoms with Crippen LogP contribution in [0.15, 0.2) is 42.5 Å². The van der Waals surface area contributed by atoms with E-state index in [1.807, 2.05) is 38.1 Å². The Bertz CT molecular complexity index is 1100. The highest BCUT2D eigenvalue weighted by atomic mass is 16.5. The van der Waals surface area contributed by atoms with Crippen LogP contribution in [0.2, 0.25) is 0 Å². The zero-order valence-corrected chi connectivity index (χ0v) is 20.2. The van der Waals surface area contributed by atoms with Gasteiger partial charge in [-0.15, -0.1) is 0 Å². The number of nitrogens with one attached hydrogen (secondary N) is 2. The molecule has 1 aliphatic rings. The summed E-state index contributed by atoms with van der Waals surface area (Å²) in [4.78, 5) is 49.4. The number of ether oxygens (including phenoxy) is 1. The normalized spacial score (nSPS) is 15.7. The van der Waals surface area contributed by atoms with E-state index in [1.54, 1.807) is 18.2 Å². The molecule has 8 heteroatoms. The molecule has 2 aromatic carbocycles. The van der Waals surface area contributed by atoms with Gasteiger partial charge in [0.15, 0.2) is 6.61 Å². The first-order chi connectivity index (χ1) is 15.9. The van der Waals surface area contributed by atoms with Crippen LogP contribution in [0.5, 0.6) is 0 Å². The molecule has 1 saturated heterocycles. The smallest absolute Gasteiger partial charge is 0.311 e. The summed E-state index contributed by atoms with van der Waals surface area (Å²) in [6, 6.07) is 12.7. The summed E-state index contributed by atoms with van der Waals surface area (Å²) in [5.74, 6) is -2.71. The van der Waals surface area contributed by atoms with Gasteiger partial charge < -0.3 is 10.1 Å². The standard InChI is InChI=1S/C26H31N3O5/c1-16-6-11-21(12-17(16)2)27-22(30)15-34-25(33)19-13-23(31)29(14-19)28-24(32)18-7-9-20(10-8-18)26(3,4)5/h6-12,19H,13-15H2,1-5H3,(H,27,30)(H,28,32)/t19-/m0/s1. The topological polar surface area (TPSA) is 105 Å². The van der Waals surface area contributed by atoms with Crippen molar-refractivity contribution in [2.24, 2.45) is 5.92 Å². The zero-order chi connectivity index (χ0) is 25.0. The molecule has 8 nitrogen and oxygen atoms in total. The Hall–Kier alpha value is -3.68. The summed E-state index contributed by atoms with van der Waals surface area (Å²) in [5.41, 5.74) is 6.77. The Morgan fingerprint density at radius 3 is 2.32 bits per heavy atom. The molecule has 0 bridgehead atoms. The number of amides is 3. The van der Waals surface area contributed by atoms with E-state index >= 15 is 0 Å². The minimum absolute atomic E-state index is 0.0116. The van der Waals surface area contributed by atoms with Crippen molar-refractivity contribution in [1.29, 1.82) is 0 Å². The lowest BCUT2D eigenvalue weighted by molar-refractivity contribution is -0.151. The van der Waals surface area contributed by atoms with E-state index in [-0.39, 0.29) is 24.3 Å². The van der Waals surface area contributed by atoms with Crippen LogP contribution in [0, 0.1) is 19.8 Å². The highest BCUT2D eigenvalue weighted by molar-refractivity contribution is 5.97. The number of hydrogen-bond acceptors (Lipinski definition) is 5. The largest absolute Gasteiger partial charge is 0.455 e. The van der Waals surface area contributed by atoms with Crippen molar-refractivity contribution in [3.63, 3.8) is 0 Å². The second-order valence-corrected chi connectivity index (χ2v) is 9.63. The number of esters is 1. The number of carbonyl (C=O) groups excluding carboxylic acids is 4. The van der Waals surface area contributed by atoms with Crippen LogP contribution in [0.3, 0.4) is 0 Å². The molecular weight excluding hydrogens is 434 g/mol. The molecule has 0 spiro atoms. The molecule has 0 radical (unpaired) electrons. The minimum atomic E-state index is -0.759. The second-order valence-electron chi connectivity index (χ2n) is 9.63. The summed E-state index contributed by atoms with van der Waals surface area (Å²) < 4.78 is 5.10. The van der Waals surface area contributed by atoms with Crippen LogP contribution in [0.1, 0.15) is 54.2 Å². The van der Waals surface area contributed by atoms with Crippen molar-refractivity contribution in [3.8, 4) is 0 Å². The predicted octanol–water partition coefficient (Wildman–Crippen LogP) is 3.28. The molecule has 3 amide bonds. The van der Waals surface area contributed by atoms with E-state index < -0.39 is 30.3 Å². The summed E-state index contributed by atoms with van der Waals surface area (Å²) in [5, 5.41) is 3.81. The third-order valence-corrected chi connectivity index (χ3v) is 5.84. The molecule has 0 saturated carbocycles. The van der Waals surface area contributed by atoms with Gasteiger partial charge in [-0.25, -0.2) is 0 Å². The van der Waals surface area contributed by atoms with Gasteiger partial charge in [0.1, 0.15) is 0 Å². The van der Waals surface area contributed by atoms with Gasteiger partial charge in [-0.3, -0.25) is 29.6 Å². The SMILES string of the molecule is Cc1ccc(NC(=O)COC(=O)[C@H]2CC(=O)N(NC(=O)c3ccc(C(C)(C)C)cc3)C2)cc1C. The van der Waals surface area contributed by atoms with Crippen LogP contribution < -0.4 is 10.7 Å². The first kappa shape index (κ1) is 25.0. The number of hydrogen-bond donors (Lipinski definition) is 2. The minimum Gasteiger partial charge on any atom is -0.455 e. The number of anilines is 1. The molecule has 1 aliphatic heterocycles. The molecule has 3 rings (SSSR count). The third kappa shape index (κ3) is 6.21. The summed E-state index contributed by atoms with van der Waals surface area (Å²) >= 11 is 0. The lowest BCUT2D eigenvalue weighted by Gasteiger charge is -2.20. The Labute approximate surface area is 199 Å². The monoisotopic (exact) mass is 465 g/mol. The van der Waals surface area contributed by atoms with E-state index in [4.69, 9.17) is 4.74 Å². The highest BCUT2D eigenvalue weighted by Gasteiger charge is 2.36. The fraction of sp³-hybridized carbons (Fsp3) is 0.385. The molecule has 1 heterocycles. The van der Waals surface area contributed by atoms with Crippen LogP contribution in [-0.2, 0) is 24.5 Å². The fourth-order valence-electron chi connectivity index (χ4n) is 3.55. The second kappa shape index (κ2) is 10.1. The van der Waals surface area contributed by atoms with E-state index in [1.165, 1.54) is 0 Å². The Morgan fingerprint density at radius 2 is 1.71 bits per heavy atom. The van der Waals surface area contributed by atoms with E-state index in [9.17, 15) is 19.2 Å². The molecule has 0 aromatic heterocycles. The summed E-state index contributed by atoms with van der Waals surface area (Å²) in [7, 11) is 0. The van der Waals surface area contributed by atoms with Gasteiger partial charge in [-0.1, -0.05) is 39.0 Å². The maximum absolute atomic E-state index is 12.5. The predicted molar refractivity (Wildman–Crippen MR) is 128 cm³/mol. The van der Waals surface area contributed by atoms with Crippen LogP contribution >= 0.6 is 0 Å². The van der Waals surface area contributed by atoms with Crippen molar-refractivity contribution in [2.45, 2.75) is 46.5 Å². The van der Waals surface area contributed by atoms with Gasteiger partial charge in [-0.05, 0) is 60.2 Å². The number of carbonyl (C=O) groups is 4. The number of nitrogens with zero attached hydrogens (tertiary/aromatic N) is 1. The first-order valence-corrected chi connectivity index (χ1v) is 11.2. The van der Waals surface area contributed by atoms with Gasteiger partial charge in [0.2, 0.25) is 5.91 Å². The molecule has 34 heavy (non-hydrogen) atoms. The van der Waals surface area contributed by atoms with Crippen molar-refractivity contribution in [2.75, 3.05) is 18.5 Å². The average molecular weight is 466 g/mol. The van der Waals surface area contributed by atoms with Crippen molar-refractivity contribution < 1.29 is 23.9 Å². The molecule has 1 atom stereocenters. The van der Waals surface area contributed by atoms with Crippen molar-refractivity contribution >= 4 is 29.4 Å². The number of benzene rings is 2. The molecule has 0 unspecified atom stereocenters. The highest BCUT2D eigenvalue weighted by Crippen LogP contribution is 2.23. The summed E-state index contributed by atoms with van der Waals surface area (Å²) in [6.07, 6.45) is -0.0964. The van der Waals surface area contributed by atoms with Gasteiger partial charge in [0, 0.05) is 17.7 Å². The third-order valence-electron chi connectivity index (χ3n) is 5.84. The van der Waals surface area contributed by atoms with Gasteiger partial charge in [-0.2, -0.15) is 0 Å². The van der Waals surface area contributed by atoms with E-state index in [2.05, 4.69) is 31.5 Å². The maximum Gasteiger partial charge on any atom is 0.311 e. The zero-order valence-electron chi connectivity index (χ0n) is 20.2. The van der Waals surface area contributed by atoms with Crippen LogP contribution in [0.25, 0.3) is 0 Å². The number of aryl methyl sites for hydroxylation is 2. The molecule has 2 aromatic rings. The van der Waals surface area contributed by atoms with Crippen LogP contribution in [-0.4, -0.2) is 41.9 Å². The first-order valence-electron chi connectivity index (χ1n) is 11.2. The van der Waals surface area contributed by atoms with E-state index in [0.717, 1.165) is 21.7 Å². The van der Waals surface area contributed by atoms with Crippen LogP contribution in [0.4, 0.5) is 5.69 Å². The van der Waals surface area contributed by atoms with Gasteiger partial charge >= 0.3 is 5.97 Å². The molecule has 0 aliphatic carbocycles. The Balaban J connectivity index is 1.49. The lowest BCUT2D eigenvalue weighted by atomic mass is 9.87. The Kier molecular flexibility index (Phi) is 7.39. The van der Waals surface area contributed by atoms with Crippen molar-refractivity contribution in [3.05, 3.63) is 64.7 Å². The number of rotatable bonds is 6. The molecular formula is C26H31N3O5. The molecule has 1 fully saturated rings. The maximum atomic E-state index is 12.5. The van der Waals surface area contributed by atoms with E-state index in [0.29, 0.717) is 11.3 Å². The van der Waals surface area contributed by atoms with Gasteiger partial charge in [0.25, 0.3) is 11.8 Å². The molecule has 180 valence electrons. The Morgan fingerprint density at radius 1 is 1.03 bits per heavy atom.